The Hall–Kier alpha value is -1.40. The van der Waals surface area contributed by atoms with E-state index in [9.17, 15) is 10.2 Å². The van der Waals surface area contributed by atoms with E-state index in [0.29, 0.717) is 5.92 Å². The Balaban J connectivity index is 1.71. The highest BCUT2D eigenvalue weighted by molar-refractivity contribution is 5.67. The van der Waals surface area contributed by atoms with E-state index in [-0.39, 0.29) is 17.9 Å². The van der Waals surface area contributed by atoms with E-state index >= 15 is 0 Å². The van der Waals surface area contributed by atoms with Crippen LogP contribution in [0.2, 0.25) is 0 Å². The molecule has 0 radical (unpaired) electrons. The average Bonchev–Trinajstić information content (AvgIpc) is 3.03. The van der Waals surface area contributed by atoms with Crippen LogP contribution in [0.5, 0.6) is 5.75 Å². The van der Waals surface area contributed by atoms with E-state index in [1.54, 1.807) is 7.11 Å². The molecule has 5 heteroatoms. The highest BCUT2D eigenvalue weighted by atomic mass is 16.7. The molecule has 2 heterocycles. The van der Waals surface area contributed by atoms with E-state index in [4.69, 9.17) is 14.2 Å². The van der Waals surface area contributed by atoms with Crippen LogP contribution >= 0.6 is 0 Å². The van der Waals surface area contributed by atoms with Gasteiger partial charge in [-0.05, 0) is 62.3 Å². The van der Waals surface area contributed by atoms with Crippen molar-refractivity contribution in [3.63, 3.8) is 0 Å². The van der Waals surface area contributed by atoms with Crippen molar-refractivity contribution in [2.75, 3.05) is 13.7 Å². The summed E-state index contributed by atoms with van der Waals surface area (Å²) in [5, 5.41) is 21.5. The van der Waals surface area contributed by atoms with Crippen LogP contribution in [0.25, 0.3) is 6.08 Å². The van der Waals surface area contributed by atoms with Gasteiger partial charge in [-0.1, -0.05) is 32.1 Å². The topological polar surface area (TPSA) is 68.2 Å². The molecule has 4 aliphatic rings. The van der Waals surface area contributed by atoms with Crippen molar-refractivity contribution in [1.29, 1.82) is 0 Å². The van der Waals surface area contributed by atoms with Gasteiger partial charge in [0.15, 0.2) is 5.79 Å². The molecule has 2 saturated heterocycles. The first kappa shape index (κ1) is 20.5. The number of aliphatic hydroxyl groups is 2. The van der Waals surface area contributed by atoms with Crippen LogP contribution in [0.15, 0.2) is 18.2 Å². The minimum atomic E-state index is -1.13. The Bertz CT molecular complexity index is 922. The molecule has 7 atom stereocenters. The van der Waals surface area contributed by atoms with Crippen molar-refractivity contribution >= 4 is 6.08 Å². The van der Waals surface area contributed by atoms with Gasteiger partial charge < -0.3 is 24.4 Å². The van der Waals surface area contributed by atoms with Crippen LogP contribution in [0, 0.1) is 30.1 Å². The molecule has 5 rings (SSSR count). The maximum absolute atomic E-state index is 11.4. The van der Waals surface area contributed by atoms with Gasteiger partial charge in [0.05, 0.1) is 19.3 Å². The Morgan fingerprint density at radius 2 is 1.93 bits per heavy atom. The molecule has 1 aromatic rings. The number of benzene rings is 1. The summed E-state index contributed by atoms with van der Waals surface area (Å²) in [7, 11) is 1.70. The summed E-state index contributed by atoms with van der Waals surface area (Å²) < 4.78 is 19.2. The second-order valence-electron chi connectivity index (χ2n) is 10.5. The van der Waals surface area contributed by atoms with E-state index in [1.165, 1.54) is 0 Å². The monoisotopic (exact) mass is 414 g/mol. The molecule has 3 fully saturated rings. The molecule has 1 saturated carbocycles. The number of ether oxygens (including phenoxy) is 3. The summed E-state index contributed by atoms with van der Waals surface area (Å²) in [6.45, 7) is 10.3. The molecule has 1 aromatic carbocycles. The maximum atomic E-state index is 11.4. The normalized spacial score (nSPS) is 45.5. The van der Waals surface area contributed by atoms with Gasteiger partial charge in [0.1, 0.15) is 17.5 Å². The Morgan fingerprint density at radius 3 is 2.57 bits per heavy atom. The van der Waals surface area contributed by atoms with Crippen molar-refractivity contribution in [2.24, 2.45) is 23.2 Å². The van der Waals surface area contributed by atoms with Crippen LogP contribution in [0.3, 0.4) is 0 Å². The zero-order valence-corrected chi connectivity index (χ0v) is 18.9. The molecular weight excluding hydrogens is 380 g/mol. The summed E-state index contributed by atoms with van der Waals surface area (Å²) in [4.78, 5) is 0. The number of hydrogen-bond donors (Lipinski definition) is 2. The van der Waals surface area contributed by atoms with E-state index in [2.05, 4.69) is 39.0 Å². The van der Waals surface area contributed by atoms with Crippen molar-refractivity contribution in [3.8, 4) is 5.75 Å². The molecule has 2 aliphatic carbocycles. The first-order valence-electron chi connectivity index (χ1n) is 11.1. The molecule has 2 aliphatic heterocycles. The van der Waals surface area contributed by atoms with Gasteiger partial charge in [0.25, 0.3) is 0 Å². The smallest absolute Gasteiger partial charge is 0.199 e. The number of rotatable bonds is 2. The van der Waals surface area contributed by atoms with E-state index in [0.717, 1.165) is 35.3 Å². The summed E-state index contributed by atoms with van der Waals surface area (Å²) in [6.07, 6.45) is 5.55. The largest absolute Gasteiger partial charge is 0.496 e. The Kier molecular flexibility index (Phi) is 4.17. The molecule has 2 N–H and O–H groups in total. The summed E-state index contributed by atoms with van der Waals surface area (Å²) in [5.41, 5.74) is 1.96. The second kappa shape index (κ2) is 6.10. The van der Waals surface area contributed by atoms with Crippen LogP contribution in [-0.2, 0) is 15.1 Å². The molecule has 0 aromatic heterocycles. The summed E-state index contributed by atoms with van der Waals surface area (Å²) >= 11 is 0. The van der Waals surface area contributed by atoms with Gasteiger partial charge in [-0.3, -0.25) is 0 Å². The second-order valence-corrected chi connectivity index (χ2v) is 10.5. The quantitative estimate of drug-likeness (QED) is 0.771. The highest BCUT2D eigenvalue weighted by Gasteiger charge is 2.75. The van der Waals surface area contributed by atoms with Crippen LogP contribution < -0.4 is 4.74 Å². The molecule has 0 amide bonds. The zero-order valence-electron chi connectivity index (χ0n) is 18.9. The Labute approximate surface area is 179 Å². The predicted molar refractivity (Wildman–Crippen MR) is 114 cm³/mol. The highest BCUT2D eigenvalue weighted by Crippen LogP contribution is 2.71. The van der Waals surface area contributed by atoms with Gasteiger partial charge in [0.2, 0.25) is 0 Å². The minimum absolute atomic E-state index is 0.00510. The zero-order chi connectivity index (χ0) is 21.7. The number of methoxy groups -OCH3 is 1. The van der Waals surface area contributed by atoms with Gasteiger partial charge in [-0.15, -0.1) is 0 Å². The fraction of sp³-hybridized carbons (Fsp3) is 0.680. The lowest BCUT2D eigenvalue weighted by Crippen LogP contribution is -2.65. The molecule has 5 nitrogen and oxygen atoms in total. The third-order valence-electron chi connectivity index (χ3n) is 9.04. The van der Waals surface area contributed by atoms with Crippen molar-refractivity contribution in [1.82, 2.24) is 0 Å². The van der Waals surface area contributed by atoms with Gasteiger partial charge in [0, 0.05) is 17.3 Å². The SMILES string of the molecule is COc1ccc2c(c1C)C=C[C@]1(C)[C@@H]3CC[C@]21O[C@@]1(OC(C)(C)[C@@H](CO)[C@H]1O)[C@H]3C. The average molecular weight is 415 g/mol. The number of aliphatic hydroxyl groups excluding tert-OH is 2. The third-order valence-corrected chi connectivity index (χ3v) is 9.04. The van der Waals surface area contributed by atoms with E-state index < -0.39 is 29.0 Å². The molecule has 0 unspecified atom stereocenters. The van der Waals surface area contributed by atoms with Gasteiger partial charge in [-0.25, -0.2) is 0 Å². The van der Waals surface area contributed by atoms with Gasteiger partial charge in [-0.2, -0.15) is 0 Å². The summed E-state index contributed by atoms with van der Waals surface area (Å²) in [6, 6.07) is 4.15. The lowest BCUT2D eigenvalue weighted by Gasteiger charge is -2.59. The first-order valence-corrected chi connectivity index (χ1v) is 11.1. The number of hydrogen-bond acceptors (Lipinski definition) is 5. The Morgan fingerprint density at radius 1 is 1.20 bits per heavy atom. The van der Waals surface area contributed by atoms with Crippen molar-refractivity contribution in [3.05, 3.63) is 34.9 Å². The molecule has 2 bridgehead atoms. The lowest BCUT2D eigenvalue weighted by molar-refractivity contribution is -0.382. The molecule has 164 valence electrons. The molecular formula is C25H34O5. The lowest BCUT2D eigenvalue weighted by atomic mass is 9.57. The molecule has 30 heavy (non-hydrogen) atoms. The molecule has 1 spiro atoms. The van der Waals surface area contributed by atoms with Crippen molar-refractivity contribution < 1.29 is 24.4 Å². The predicted octanol–water partition coefficient (Wildman–Crippen LogP) is 3.78. The van der Waals surface area contributed by atoms with Crippen molar-refractivity contribution in [2.45, 2.75) is 70.6 Å². The fourth-order valence-corrected chi connectivity index (χ4v) is 7.27. The van der Waals surface area contributed by atoms with E-state index in [1.807, 2.05) is 19.9 Å². The maximum Gasteiger partial charge on any atom is 0.199 e. The van der Waals surface area contributed by atoms with Crippen LogP contribution in [-0.4, -0.2) is 41.4 Å². The minimum Gasteiger partial charge on any atom is -0.496 e. The fourth-order valence-electron chi connectivity index (χ4n) is 7.27. The first-order chi connectivity index (χ1) is 14.1. The van der Waals surface area contributed by atoms with Gasteiger partial charge >= 0.3 is 0 Å². The van der Waals surface area contributed by atoms with Crippen LogP contribution in [0.4, 0.5) is 0 Å². The summed E-state index contributed by atoms with van der Waals surface area (Å²) in [5.74, 6) is -0.356. The standard InChI is InChI=1S/C25H34O5/c1-14-16-9-11-23(5)17-10-12-24(23,18(16)7-8-20(14)28-6)30-25(15(17)2)21(27)19(13-26)22(3,4)29-25/h7-9,11,15,17,19,21,26-27H,10,12-13H2,1-6H3/t15-,17+,19-,21+,23+,24-,25-/m0/s1. The number of fused-ring (bicyclic) bond motifs is 1. The van der Waals surface area contributed by atoms with Crippen LogP contribution in [0.1, 0.15) is 57.2 Å². The third kappa shape index (κ3) is 2.12.